The fourth-order valence-corrected chi connectivity index (χ4v) is 3.91. The number of hydrogen-bond donors (Lipinski definition) is 0. The molecule has 2 saturated heterocycles. The number of hydrogen-bond acceptors (Lipinski definition) is 4. The Bertz CT molecular complexity index is 822. The maximum absolute atomic E-state index is 12.8. The van der Waals surface area contributed by atoms with Gasteiger partial charge in [0.15, 0.2) is 0 Å². The average molecular weight is 324 g/mol. The molecule has 2 amide bonds. The SMILES string of the molecule is CN1CCCC2(CCN(C(=O)c3cnc4ccccc4n3)C2)C1=O. The molecule has 1 unspecified atom stereocenters. The Morgan fingerprint density at radius 2 is 1.96 bits per heavy atom. The van der Waals surface area contributed by atoms with Crippen LogP contribution >= 0.6 is 0 Å². The molecule has 4 rings (SSSR count). The Balaban J connectivity index is 1.57. The minimum absolute atomic E-state index is 0.133. The van der Waals surface area contributed by atoms with Crippen molar-refractivity contribution < 1.29 is 9.59 Å². The molecule has 2 aliphatic rings. The second-order valence-corrected chi connectivity index (χ2v) is 6.83. The standard InChI is InChI=1S/C18H20N4O2/c1-21-9-4-7-18(17(21)24)8-10-22(12-18)16(23)15-11-19-13-5-2-3-6-14(13)20-15/h2-3,5-6,11H,4,7-10,12H2,1H3. The smallest absolute Gasteiger partial charge is 0.274 e. The molecule has 0 N–H and O–H groups in total. The summed E-state index contributed by atoms with van der Waals surface area (Å²) >= 11 is 0. The van der Waals surface area contributed by atoms with Crippen molar-refractivity contribution in [1.29, 1.82) is 0 Å². The lowest BCUT2D eigenvalue weighted by molar-refractivity contribution is -0.143. The minimum Gasteiger partial charge on any atom is -0.345 e. The van der Waals surface area contributed by atoms with Gasteiger partial charge in [-0.25, -0.2) is 4.98 Å². The van der Waals surface area contributed by atoms with Crippen molar-refractivity contribution in [3.05, 3.63) is 36.2 Å². The van der Waals surface area contributed by atoms with E-state index in [-0.39, 0.29) is 11.8 Å². The Kier molecular flexibility index (Phi) is 3.48. The molecule has 24 heavy (non-hydrogen) atoms. The van der Waals surface area contributed by atoms with Gasteiger partial charge in [0.25, 0.3) is 5.91 Å². The molecule has 1 atom stereocenters. The highest BCUT2D eigenvalue weighted by Crippen LogP contribution is 2.40. The number of benzene rings is 1. The van der Waals surface area contributed by atoms with Gasteiger partial charge in [-0.3, -0.25) is 14.6 Å². The average Bonchev–Trinajstić information content (AvgIpc) is 3.04. The lowest BCUT2D eigenvalue weighted by Gasteiger charge is -2.37. The van der Waals surface area contributed by atoms with Crippen LogP contribution in [0.2, 0.25) is 0 Å². The van der Waals surface area contributed by atoms with Crippen LogP contribution in [0.3, 0.4) is 0 Å². The van der Waals surface area contributed by atoms with Crippen LogP contribution in [0.1, 0.15) is 29.8 Å². The summed E-state index contributed by atoms with van der Waals surface area (Å²) in [6.45, 7) is 1.90. The van der Waals surface area contributed by atoms with Crippen LogP contribution in [-0.2, 0) is 4.79 Å². The molecule has 0 radical (unpaired) electrons. The van der Waals surface area contributed by atoms with E-state index in [9.17, 15) is 9.59 Å². The molecule has 3 heterocycles. The number of aromatic nitrogens is 2. The zero-order valence-corrected chi connectivity index (χ0v) is 13.7. The van der Waals surface area contributed by atoms with E-state index in [2.05, 4.69) is 9.97 Å². The van der Waals surface area contributed by atoms with E-state index in [0.29, 0.717) is 24.3 Å². The van der Waals surface area contributed by atoms with Crippen LogP contribution in [0.5, 0.6) is 0 Å². The van der Waals surface area contributed by atoms with Gasteiger partial charge in [0.05, 0.1) is 22.6 Å². The molecule has 2 aromatic rings. The summed E-state index contributed by atoms with van der Waals surface area (Å²) in [6, 6.07) is 7.50. The van der Waals surface area contributed by atoms with Gasteiger partial charge in [0, 0.05) is 26.7 Å². The molecular formula is C18H20N4O2. The van der Waals surface area contributed by atoms with E-state index in [1.54, 1.807) is 9.80 Å². The van der Waals surface area contributed by atoms with Crippen molar-refractivity contribution in [1.82, 2.24) is 19.8 Å². The predicted octanol–water partition coefficient (Wildman–Crippen LogP) is 1.71. The van der Waals surface area contributed by atoms with E-state index in [0.717, 1.165) is 31.3 Å². The Morgan fingerprint density at radius 3 is 2.79 bits per heavy atom. The molecule has 0 aliphatic carbocycles. The maximum atomic E-state index is 12.8. The van der Waals surface area contributed by atoms with Gasteiger partial charge in [-0.15, -0.1) is 0 Å². The van der Waals surface area contributed by atoms with Crippen LogP contribution in [0.15, 0.2) is 30.5 Å². The molecule has 1 spiro atoms. The summed E-state index contributed by atoms with van der Waals surface area (Å²) in [4.78, 5) is 37.7. The maximum Gasteiger partial charge on any atom is 0.274 e. The lowest BCUT2D eigenvalue weighted by Crippen LogP contribution is -2.48. The first-order valence-corrected chi connectivity index (χ1v) is 8.36. The molecule has 6 heteroatoms. The van der Waals surface area contributed by atoms with Crippen molar-refractivity contribution >= 4 is 22.8 Å². The van der Waals surface area contributed by atoms with Gasteiger partial charge in [0.1, 0.15) is 5.69 Å². The van der Waals surface area contributed by atoms with E-state index in [4.69, 9.17) is 0 Å². The summed E-state index contributed by atoms with van der Waals surface area (Å²) in [5.41, 5.74) is 1.44. The molecular weight excluding hydrogens is 304 g/mol. The quantitative estimate of drug-likeness (QED) is 0.801. The van der Waals surface area contributed by atoms with Gasteiger partial charge in [-0.05, 0) is 31.4 Å². The number of para-hydroxylation sites is 2. The Hall–Kier alpha value is -2.50. The molecule has 2 fully saturated rings. The van der Waals surface area contributed by atoms with Gasteiger partial charge in [-0.1, -0.05) is 12.1 Å². The van der Waals surface area contributed by atoms with E-state index in [1.807, 2.05) is 31.3 Å². The fraction of sp³-hybridized carbons (Fsp3) is 0.444. The van der Waals surface area contributed by atoms with E-state index >= 15 is 0 Å². The predicted molar refractivity (Wildman–Crippen MR) is 89.4 cm³/mol. The lowest BCUT2D eigenvalue weighted by atomic mass is 9.78. The summed E-state index contributed by atoms with van der Waals surface area (Å²) in [7, 11) is 1.85. The Morgan fingerprint density at radius 1 is 1.17 bits per heavy atom. The molecule has 0 bridgehead atoms. The van der Waals surface area contributed by atoms with Crippen LogP contribution in [0.25, 0.3) is 11.0 Å². The van der Waals surface area contributed by atoms with Crippen molar-refractivity contribution in [3.63, 3.8) is 0 Å². The topological polar surface area (TPSA) is 66.4 Å². The molecule has 1 aromatic heterocycles. The molecule has 6 nitrogen and oxygen atoms in total. The van der Waals surface area contributed by atoms with Crippen molar-refractivity contribution in [2.24, 2.45) is 5.41 Å². The number of piperidine rings is 1. The van der Waals surface area contributed by atoms with Gasteiger partial charge in [0.2, 0.25) is 5.91 Å². The highest BCUT2D eigenvalue weighted by atomic mass is 16.2. The van der Waals surface area contributed by atoms with Crippen molar-refractivity contribution in [3.8, 4) is 0 Å². The molecule has 2 aliphatic heterocycles. The van der Waals surface area contributed by atoms with Gasteiger partial charge in [-0.2, -0.15) is 0 Å². The van der Waals surface area contributed by atoms with E-state index < -0.39 is 5.41 Å². The highest BCUT2D eigenvalue weighted by molar-refractivity contribution is 5.95. The zero-order valence-electron chi connectivity index (χ0n) is 13.7. The van der Waals surface area contributed by atoms with Gasteiger partial charge >= 0.3 is 0 Å². The summed E-state index contributed by atoms with van der Waals surface area (Å²) < 4.78 is 0. The second-order valence-electron chi connectivity index (χ2n) is 6.83. The van der Waals surface area contributed by atoms with Crippen LogP contribution in [0.4, 0.5) is 0 Å². The van der Waals surface area contributed by atoms with Crippen LogP contribution in [-0.4, -0.2) is 58.3 Å². The van der Waals surface area contributed by atoms with Crippen molar-refractivity contribution in [2.45, 2.75) is 19.3 Å². The third-order valence-electron chi connectivity index (χ3n) is 5.26. The van der Waals surface area contributed by atoms with Crippen LogP contribution in [0, 0.1) is 5.41 Å². The van der Waals surface area contributed by atoms with E-state index in [1.165, 1.54) is 6.20 Å². The largest absolute Gasteiger partial charge is 0.345 e. The third-order valence-corrected chi connectivity index (χ3v) is 5.26. The number of rotatable bonds is 1. The summed E-state index contributed by atoms with van der Waals surface area (Å²) in [5.74, 6) is 0.0415. The first-order chi connectivity index (χ1) is 11.6. The first-order valence-electron chi connectivity index (χ1n) is 8.36. The third kappa shape index (κ3) is 2.33. The number of fused-ring (bicyclic) bond motifs is 1. The number of likely N-dealkylation sites (tertiary alicyclic amines) is 2. The monoisotopic (exact) mass is 324 g/mol. The molecule has 1 aromatic carbocycles. The normalized spacial score (nSPS) is 24.1. The number of carbonyl (C=O) groups is 2. The highest BCUT2D eigenvalue weighted by Gasteiger charge is 2.48. The Labute approximate surface area is 140 Å². The minimum atomic E-state index is -0.396. The fourth-order valence-electron chi connectivity index (χ4n) is 3.91. The molecule has 124 valence electrons. The number of nitrogens with zero attached hydrogens (tertiary/aromatic N) is 4. The van der Waals surface area contributed by atoms with Crippen molar-refractivity contribution in [2.75, 3.05) is 26.7 Å². The summed E-state index contributed by atoms with van der Waals surface area (Å²) in [5, 5.41) is 0. The number of carbonyl (C=O) groups excluding carboxylic acids is 2. The van der Waals surface area contributed by atoms with Crippen LogP contribution < -0.4 is 0 Å². The zero-order chi connectivity index (χ0) is 16.7. The first kappa shape index (κ1) is 15.1. The van der Waals surface area contributed by atoms with Gasteiger partial charge < -0.3 is 9.80 Å². The molecule has 0 saturated carbocycles. The second kappa shape index (κ2) is 5.54. The summed E-state index contributed by atoms with van der Waals surface area (Å²) in [6.07, 6.45) is 4.14. The number of amides is 2.